The van der Waals surface area contributed by atoms with E-state index in [1.165, 1.54) is 6.42 Å². The largest absolute Gasteiger partial charge is 0.380 e. The number of nitrogens with zero attached hydrogens (tertiary/aromatic N) is 1. The molecule has 0 amide bonds. The van der Waals surface area contributed by atoms with Gasteiger partial charge in [0.05, 0.1) is 12.6 Å². The van der Waals surface area contributed by atoms with E-state index in [9.17, 15) is 0 Å². The van der Waals surface area contributed by atoms with Crippen molar-refractivity contribution in [3.05, 3.63) is 0 Å². The highest BCUT2D eigenvalue weighted by atomic mass is 32.2. The molecule has 15 heavy (non-hydrogen) atoms. The molecule has 0 aliphatic carbocycles. The Balaban J connectivity index is 2.36. The zero-order chi connectivity index (χ0) is 11.3. The Morgan fingerprint density at radius 3 is 2.93 bits per heavy atom. The Bertz CT molecular complexity index is 221. The number of hydrogen-bond donors (Lipinski definition) is 1. The van der Waals surface area contributed by atoms with Gasteiger partial charge < -0.3 is 10.1 Å². The first kappa shape index (κ1) is 12.8. The molecule has 1 rings (SSSR count). The normalized spacial score (nSPS) is 28.4. The quantitative estimate of drug-likeness (QED) is 0.804. The Labute approximate surface area is 97.1 Å². The van der Waals surface area contributed by atoms with Crippen molar-refractivity contribution in [3.8, 4) is 0 Å². The zero-order valence-electron chi connectivity index (χ0n) is 10.1. The Morgan fingerprint density at radius 2 is 2.33 bits per heavy atom. The minimum absolute atomic E-state index is 0.341. The van der Waals surface area contributed by atoms with E-state index in [2.05, 4.69) is 31.1 Å². The predicted molar refractivity (Wildman–Crippen MR) is 67.7 cm³/mol. The molecule has 0 saturated heterocycles. The fourth-order valence-corrected chi connectivity index (χ4v) is 2.89. The van der Waals surface area contributed by atoms with Gasteiger partial charge in [-0.15, -0.1) is 0 Å². The zero-order valence-corrected chi connectivity index (χ0v) is 10.9. The van der Waals surface area contributed by atoms with Gasteiger partial charge in [-0.3, -0.25) is 4.99 Å². The third kappa shape index (κ3) is 4.89. The molecule has 0 aromatic carbocycles. The second-order valence-electron chi connectivity index (χ2n) is 4.15. The summed E-state index contributed by atoms with van der Waals surface area (Å²) >= 11 is 1.84. The van der Waals surface area contributed by atoms with E-state index in [0.29, 0.717) is 17.3 Å². The lowest BCUT2D eigenvalue weighted by Gasteiger charge is -2.25. The van der Waals surface area contributed by atoms with Crippen LogP contribution >= 0.6 is 11.8 Å². The third-order valence-corrected chi connectivity index (χ3v) is 3.31. The first-order valence-electron chi connectivity index (χ1n) is 5.70. The average molecular weight is 230 g/mol. The monoisotopic (exact) mass is 230 g/mol. The number of aliphatic imine (C=N–C) groups is 1. The Hall–Kier alpha value is -0.220. The van der Waals surface area contributed by atoms with Gasteiger partial charge in [-0.2, -0.15) is 0 Å². The maximum absolute atomic E-state index is 5.36. The average Bonchev–Trinajstić information content (AvgIpc) is 2.13. The van der Waals surface area contributed by atoms with Gasteiger partial charge in [-0.25, -0.2) is 0 Å². The third-order valence-electron chi connectivity index (χ3n) is 2.27. The molecule has 0 radical (unpaired) electrons. The number of nitrogens with one attached hydrogen (secondary N) is 1. The highest BCUT2D eigenvalue weighted by molar-refractivity contribution is 8.14. The fourth-order valence-electron chi connectivity index (χ4n) is 1.62. The number of ether oxygens (including phenoxy) is 1. The van der Waals surface area contributed by atoms with Gasteiger partial charge in [0.2, 0.25) is 0 Å². The molecular formula is C11H22N2OS. The molecule has 1 aliphatic heterocycles. The van der Waals surface area contributed by atoms with Gasteiger partial charge in [-0.1, -0.05) is 18.7 Å². The lowest BCUT2D eigenvalue weighted by Crippen LogP contribution is -2.37. The van der Waals surface area contributed by atoms with Gasteiger partial charge in [-0.05, 0) is 27.2 Å². The molecule has 3 unspecified atom stereocenters. The van der Waals surface area contributed by atoms with Crippen LogP contribution in [0.15, 0.2) is 4.99 Å². The first-order valence-corrected chi connectivity index (χ1v) is 6.58. The topological polar surface area (TPSA) is 33.6 Å². The van der Waals surface area contributed by atoms with Crippen LogP contribution in [0.1, 0.15) is 34.1 Å². The molecule has 88 valence electrons. The molecule has 0 bridgehead atoms. The lowest BCUT2D eigenvalue weighted by atomic mass is 10.2. The number of hydrogen-bond acceptors (Lipinski definition) is 4. The predicted octanol–water partition coefficient (Wildman–Crippen LogP) is 2.27. The van der Waals surface area contributed by atoms with Crippen molar-refractivity contribution in [2.24, 2.45) is 4.99 Å². The summed E-state index contributed by atoms with van der Waals surface area (Å²) in [7, 11) is 0. The van der Waals surface area contributed by atoms with Crippen LogP contribution in [0.4, 0.5) is 0 Å². The highest BCUT2D eigenvalue weighted by Gasteiger charge is 2.19. The van der Waals surface area contributed by atoms with E-state index in [4.69, 9.17) is 4.74 Å². The number of amidine groups is 1. The maximum atomic E-state index is 5.36. The molecule has 0 fully saturated rings. The van der Waals surface area contributed by atoms with Crippen LogP contribution < -0.4 is 5.32 Å². The summed E-state index contributed by atoms with van der Waals surface area (Å²) in [5.74, 6) is 0. The van der Waals surface area contributed by atoms with Gasteiger partial charge in [0.25, 0.3) is 0 Å². The van der Waals surface area contributed by atoms with E-state index in [0.717, 1.165) is 18.4 Å². The first-order chi connectivity index (χ1) is 7.11. The highest BCUT2D eigenvalue weighted by Crippen LogP contribution is 2.23. The second-order valence-corrected chi connectivity index (χ2v) is 5.58. The van der Waals surface area contributed by atoms with Crippen molar-refractivity contribution >= 4 is 16.9 Å². The number of rotatable bonds is 4. The molecule has 0 aromatic rings. The van der Waals surface area contributed by atoms with Crippen molar-refractivity contribution in [1.82, 2.24) is 5.32 Å². The molecule has 0 spiro atoms. The molecule has 3 atom stereocenters. The summed E-state index contributed by atoms with van der Waals surface area (Å²) in [6, 6.07) is 0.789. The van der Waals surface area contributed by atoms with Crippen molar-refractivity contribution < 1.29 is 4.74 Å². The molecule has 1 N–H and O–H groups in total. The molecule has 1 aliphatic rings. The fraction of sp³-hybridized carbons (Fsp3) is 0.909. The van der Waals surface area contributed by atoms with Crippen molar-refractivity contribution in [2.75, 3.05) is 13.2 Å². The maximum Gasteiger partial charge on any atom is 0.157 e. The molecular weight excluding hydrogens is 208 g/mol. The minimum Gasteiger partial charge on any atom is -0.380 e. The van der Waals surface area contributed by atoms with Crippen molar-refractivity contribution in [3.63, 3.8) is 0 Å². The van der Waals surface area contributed by atoms with E-state index in [1.54, 1.807) is 0 Å². The van der Waals surface area contributed by atoms with Gasteiger partial charge in [0.15, 0.2) is 5.17 Å². The lowest BCUT2D eigenvalue weighted by molar-refractivity contribution is 0.133. The van der Waals surface area contributed by atoms with Crippen LogP contribution in [0.5, 0.6) is 0 Å². The minimum atomic E-state index is 0.341. The summed E-state index contributed by atoms with van der Waals surface area (Å²) < 4.78 is 5.36. The molecule has 0 aromatic heterocycles. The standard InChI is InChI=1S/C11H22N2OS/c1-5-14-7-9(3)13-11-12-8(2)6-10(4)15-11/h8-10H,5-7H2,1-4H3,(H,12,13). The molecule has 3 nitrogen and oxygen atoms in total. The van der Waals surface area contributed by atoms with Crippen LogP contribution in [0, 0.1) is 0 Å². The summed E-state index contributed by atoms with van der Waals surface area (Å²) in [4.78, 5) is 4.59. The van der Waals surface area contributed by atoms with Crippen LogP contribution in [0.3, 0.4) is 0 Å². The smallest absolute Gasteiger partial charge is 0.157 e. The van der Waals surface area contributed by atoms with Crippen LogP contribution in [-0.2, 0) is 4.74 Å². The summed E-state index contributed by atoms with van der Waals surface area (Å²) in [5.41, 5.74) is 0. The van der Waals surface area contributed by atoms with Crippen LogP contribution in [-0.4, -0.2) is 35.7 Å². The summed E-state index contributed by atoms with van der Waals surface area (Å²) in [6.07, 6.45) is 1.18. The van der Waals surface area contributed by atoms with Gasteiger partial charge >= 0.3 is 0 Å². The Morgan fingerprint density at radius 1 is 1.60 bits per heavy atom. The van der Waals surface area contributed by atoms with Gasteiger partial charge in [0.1, 0.15) is 0 Å². The molecule has 1 heterocycles. The van der Waals surface area contributed by atoms with Crippen LogP contribution in [0.2, 0.25) is 0 Å². The van der Waals surface area contributed by atoms with E-state index < -0.39 is 0 Å². The van der Waals surface area contributed by atoms with Crippen LogP contribution in [0.25, 0.3) is 0 Å². The SMILES string of the molecule is CCOCC(C)NC1=NC(C)CC(C)S1. The van der Waals surface area contributed by atoms with Crippen molar-refractivity contribution in [1.29, 1.82) is 0 Å². The second kappa shape index (κ2) is 6.38. The van der Waals surface area contributed by atoms with E-state index in [1.807, 2.05) is 18.7 Å². The summed E-state index contributed by atoms with van der Waals surface area (Å²) in [5, 5.41) is 5.15. The Kier molecular flexibility index (Phi) is 5.47. The number of thioether (sulfide) groups is 1. The molecule has 4 heteroatoms. The molecule has 0 saturated carbocycles. The van der Waals surface area contributed by atoms with E-state index >= 15 is 0 Å². The van der Waals surface area contributed by atoms with E-state index in [-0.39, 0.29) is 0 Å². The van der Waals surface area contributed by atoms with Crippen molar-refractivity contribution in [2.45, 2.75) is 51.4 Å². The van der Waals surface area contributed by atoms with Gasteiger partial charge in [0, 0.05) is 17.9 Å². The summed E-state index contributed by atoms with van der Waals surface area (Å²) in [6.45, 7) is 10.1.